The topological polar surface area (TPSA) is 23.5 Å². The van der Waals surface area contributed by atoms with Crippen molar-refractivity contribution in [3.63, 3.8) is 0 Å². The van der Waals surface area contributed by atoms with Gasteiger partial charge in [-0.15, -0.1) is 11.3 Å². The van der Waals surface area contributed by atoms with E-state index < -0.39 is 0 Å². The van der Waals surface area contributed by atoms with Crippen molar-refractivity contribution in [2.75, 3.05) is 13.1 Å². The van der Waals surface area contributed by atoms with E-state index >= 15 is 0 Å². The number of hydrogen-bond donors (Lipinski definition) is 1. The lowest BCUT2D eigenvalue weighted by Gasteiger charge is -2.42. The van der Waals surface area contributed by atoms with Gasteiger partial charge in [0.15, 0.2) is 0 Å². The highest BCUT2D eigenvalue weighted by atomic mass is 32.1. The highest BCUT2D eigenvalue weighted by Crippen LogP contribution is 2.45. The molecule has 3 aliphatic rings. The molecule has 1 aromatic heterocycles. The van der Waals surface area contributed by atoms with Gasteiger partial charge < -0.3 is 5.11 Å². The number of thiophene rings is 1. The van der Waals surface area contributed by atoms with E-state index in [1.54, 1.807) is 4.88 Å². The van der Waals surface area contributed by atoms with Crippen LogP contribution in [0.2, 0.25) is 0 Å². The summed E-state index contributed by atoms with van der Waals surface area (Å²) in [5.41, 5.74) is 0.226. The molecule has 2 aliphatic carbocycles. The molecule has 2 heterocycles. The Morgan fingerprint density at radius 3 is 2.68 bits per heavy atom. The third-order valence-electron chi connectivity index (χ3n) is 6.37. The Balaban J connectivity index is 1.40. The number of likely N-dealkylation sites (tertiary alicyclic amines) is 1. The summed E-state index contributed by atoms with van der Waals surface area (Å²) >= 11 is 2.05. The van der Waals surface area contributed by atoms with Gasteiger partial charge in [0.05, 0.1) is 6.10 Å². The molecule has 1 aromatic rings. The minimum Gasteiger partial charge on any atom is -0.393 e. The van der Waals surface area contributed by atoms with Crippen molar-refractivity contribution in [3.05, 3.63) is 21.9 Å². The van der Waals surface area contributed by atoms with Crippen molar-refractivity contribution in [2.24, 2.45) is 5.41 Å². The largest absolute Gasteiger partial charge is 0.393 e. The van der Waals surface area contributed by atoms with E-state index in [0.29, 0.717) is 0 Å². The summed E-state index contributed by atoms with van der Waals surface area (Å²) in [4.78, 5) is 5.77. The Labute approximate surface area is 138 Å². The Bertz CT molecular complexity index is 507. The van der Waals surface area contributed by atoms with Crippen LogP contribution in [0.3, 0.4) is 0 Å². The second-order valence-electron chi connectivity index (χ2n) is 7.87. The zero-order chi connectivity index (χ0) is 15.0. The van der Waals surface area contributed by atoms with E-state index in [9.17, 15) is 5.11 Å². The van der Waals surface area contributed by atoms with E-state index in [-0.39, 0.29) is 11.5 Å². The average Bonchev–Trinajstić information content (AvgIpc) is 3.22. The van der Waals surface area contributed by atoms with E-state index in [2.05, 4.69) is 28.4 Å². The van der Waals surface area contributed by atoms with Crippen molar-refractivity contribution in [2.45, 2.75) is 76.4 Å². The van der Waals surface area contributed by atoms with Gasteiger partial charge in [0, 0.05) is 28.3 Å². The minimum atomic E-state index is -0.0484. The molecule has 0 aromatic carbocycles. The molecule has 0 unspecified atom stereocenters. The molecule has 1 aliphatic heterocycles. The molecule has 0 bridgehead atoms. The Morgan fingerprint density at radius 1 is 1.09 bits per heavy atom. The lowest BCUT2D eigenvalue weighted by molar-refractivity contribution is -0.0117. The van der Waals surface area contributed by atoms with Crippen LogP contribution in [0.15, 0.2) is 12.1 Å². The number of hydrogen-bond acceptors (Lipinski definition) is 3. The van der Waals surface area contributed by atoms with Gasteiger partial charge in [-0.25, -0.2) is 0 Å². The summed E-state index contributed by atoms with van der Waals surface area (Å²) in [6, 6.07) is 4.75. The summed E-state index contributed by atoms with van der Waals surface area (Å²) < 4.78 is 0. The monoisotopic (exact) mass is 319 g/mol. The number of piperidine rings is 1. The summed E-state index contributed by atoms with van der Waals surface area (Å²) in [6.45, 7) is 3.43. The van der Waals surface area contributed by atoms with Crippen LogP contribution < -0.4 is 0 Å². The highest BCUT2D eigenvalue weighted by molar-refractivity contribution is 7.12. The first kappa shape index (κ1) is 15.2. The number of aliphatic hydroxyl groups excluding tert-OH is 1. The maximum Gasteiger partial charge on any atom is 0.0608 e. The fourth-order valence-corrected chi connectivity index (χ4v) is 6.34. The molecular weight excluding hydrogens is 290 g/mol. The fourth-order valence-electron chi connectivity index (χ4n) is 5.12. The first-order chi connectivity index (χ1) is 10.8. The molecule has 0 amide bonds. The van der Waals surface area contributed by atoms with Crippen LogP contribution >= 0.6 is 11.3 Å². The third kappa shape index (κ3) is 2.88. The van der Waals surface area contributed by atoms with Crippen molar-refractivity contribution in [3.8, 4) is 0 Å². The van der Waals surface area contributed by atoms with E-state index in [0.717, 1.165) is 25.4 Å². The molecule has 1 saturated heterocycles. The maximum atomic E-state index is 10.4. The Morgan fingerprint density at radius 2 is 1.91 bits per heavy atom. The van der Waals surface area contributed by atoms with Gasteiger partial charge >= 0.3 is 0 Å². The SMILES string of the molecule is O[C@@H]1CCC[C@]12CCCN(Cc1ccc(C3CCCC3)s1)C2. The van der Waals surface area contributed by atoms with Crippen LogP contribution in [-0.2, 0) is 6.54 Å². The fraction of sp³-hybridized carbons (Fsp3) is 0.789. The molecule has 2 saturated carbocycles. The van der Waals surface area contributed by atoms with Gasteiger partial charge in [0.2, 0.25) is 0 Å². The van der Waals surface area contributed by atoms with E-state index in [1.807, 2.05) is 0 Å². The summed E-state index contributed by atoms with van der Waals surface area (Å²) in [7, 11) is 0. The molecule has 4 rings (SSSR count). The van der Waals surface area contributed by atoms with Gasteiger partial charge in [-0.1, -0.05) is 19.3 Å². The zero-order valence-electron chi connectivity index (χ0n) is 13.6. The third-order valence-corrected chi connectivity index (χ3v) is 7.60. The molecule has 2 atom stereocenters. The van der Waals surface area contributed by atoms with Crippen molar-refractivity contribution in [1.29, 1.82) is 0 Å². The second-order valence-corrected chi connectivity index (χ2v) is 9.07. The predicted octanol–water partition coefficient (Wildman–Crippen LogP) is 4.53. The van der Waals surface area contributed by atoms with Gasteiger partial charge in [-0.3, -0.25) is 4.90 Å². The first-order valence-electron chi connectivity index (χ1n) is 9.24. The quantitative estimate of drug-likeness (QED) is 0.884. The minimum absolute atomic E-state index is 0.0484. The second kappa shape index (κ2) is 6.26. The number of nitrogens with zero attached hydrogens (tertiary/aromatic N) is 1. The molecule has 22 heavy (non-hydrogen) atoms. The Kier molecular flexibility index (Phi) is 4.31. The molecule has 3 heteroatoms. The average molecular weight is 320 g/mol. The van der Waals surface area contributed by atoms with Crippen LogP contribution in [0.1, 0.15) is 73.5 Å². The Hall–Kier alpha value is -0.380. The van der Waals surface area contributed by atoms with Gasteiger partial charge in [-0.2, -0.15) is 0 Å². The molecule has 2 nitrogen and oxygen atoms in total. The van der Waals surface area contributed by atoms with Gasteiger partial charge in [0.1, 0.15) is 0 Å². The summed E-state index contributed by atoms with van der Waals surface area (Å²) in [6.07, 6.45) is 11.6. The normalized spacial score (nSPS) is 34.0. The van der Waals surface area contributed by atoms with E-state index in [4.69, 9.17) is 0 Å². The van der Waals surface area contributed by atoms with Crippen LogP contribution in [-0.4, -0.2) is 29.2 Å². The predicted molar refractivity (Wildman–Crippen MR) is 92.3 cm³/mol. The van der Waals surface area contributed by atoms with Crippen molar-refractivity contribution >= 4 is 11.3 Å². The van der Waals surface area contributed by atoms with Crippen LogP contribution in [0, 0.1) is 5.41 Å². The van der Waals surface area contributed by atoms with Crippen molar-refractivity contribution in [1.82, 2.24) is 4.90 Å². The molecule has 1 N–H and O–H groups in total. The van der Waals surface area contributed by atoms with Gasteiger partial charge in [0.25, 0.3) is 0 Å². The van der Waals surface area contributed by atoms with Crippen molar-refractivity contribution < 1.29 is 5.11 Å². The standard InChI is InChI=1S/C19H29NOS/c21-18-7-3-10-19(18)11-4-12-20(14-19)13-16-8-9-17(22-16)15-5-1-2-6-15/h8-9,15,18,21H,1-7,10-14H2/t18-,19-/m1/s1. The lowest BCUT2D eigenvalue weighted by Crippen LogP contribution is -2.46. The summed E-state index contributed by atoms with van der Waals surface area (Å²) in [5, 5.41) is 10.4. The highest BCUT2D eigenvalue weighted by Gasteiger charge is 2.44. The van der Waals surface area contributed by atoms with Crippen LogP contribution in [0.25, 0.3) is 0 Å². The van der Waals surface area contributed by atoms with Crippen LogP contribution in [0.5, 0.6) is 0 Å². The lowest BCUT2D eigenvalue weighted by atomic mass is 9.77. The molecular formula is C19H29NOS. The molecule has 0 radical (unpaired) electrons. The maximum absolute atomic E-state index is 10.4. The molecule has 122 valence electrons. The van der Waals surface area contributed by atoms with E-state index in [1.165, 1.54) is 62.8 Å². The number of aliphatic hydroxyl groups is 1. The molecule has 3 fully saturated rings. The smallest absolute Gasteiger partial charge is 0.0608 e. The first-order valence-corrected chi connectivity index (χ1v) is 10.1. The summed E-state index contributed by atoms with van der Waals surface area (Å²) in [5.74, 6) is 0.850. The van der Waals surface area contributed by atoms with Crippen LogP contribution in [0.4, 0.5) is 0 Å². The number of rotatable bonds is 3. The molecule has 1 spiro atoms. The van der Waals surface area contributed by atoms with Gasteiger partial charge in [-0.05, 0) is 63.1 Å². The zero-order valence-corrected chi connectivity index (χ0v) is 14.4.